The molecule has 0 atom stereocenters. The van der Waals surface area contributed by atoms with Crippen LogP contribution in [-0.2, 0) is 0 Å². The van der Waals surface area contributed by atoms with Crippen LogP contribution in [0.15, 0.2) is 42.5 Å². The summed E-state index contributed by atoms with van der Waals surface area (Å²) in [7, 11) is 0. The third-order valence-corrected chi connectivity index (χ3v) is 5.02. The molecule has 2 aromatic carbocycles. The summed E-state index contributed by atoms with van der Waals surface area (Å²) in [6, 6.07) is 11.8. The minimum atomic E-state index is -0.499. The molecule has 2 aromatic rings. The number of benzene rings is 2. The van der Waals surface area contributed by atoms with Crippen molar-refractivity contribution in [3.05, 3.63) is 73.6 Å². The number of nitrogens with zero attached hydrogens (tertiary/aromatic N) is 4. The molecule has 0 saturated carbocycles. The Balaban J connectivity index is 1.95. The Morgan fingerprint density at radius 1 is 1.15 bits per heavy atom. The molecule has 27 heavy (non-hydrogen) atoms. The Bertz CT molecular complexity index is 973. The fourth-order valence-corrected chi connectivity index (χ4v) is 3.71. The number of nitrogens with two attached hydrogens (primary N) is 1. The van der Waals surface area contributed by atoms with Crippen LogP contribution in [0.5, 0.6) is 0 Å². The summed E-state index contributed by atoms with van der Waals surface area (Å²) in [5.74, 6) is 0. The maximum atomic E-state index is 12.8. The average molecular weight is 387 g/mol. The Kier molecular flexibility index (Phi) is 4.29. The van der Waals surface area contributed by atoms with E-state index in [1.54, 1.807) is 23.2 Å². The van der Waals surface area contributed by atoms with E-state index in [2.05, 4.69) is 4.90 Å². The average Bonchev–Trinajstić information content (AvgIpc) is 2.95. The summed E-state index contributed by atoms with van der Waals surface area (Å²) in [5.41, 5.74) is 9.14. The monoisotopic (exact) mass is 386 g/mol. The van der Waals surface area contributed by atoms with Crippen molar-refractivity contribution in [2.24, 2.45) is 5.73 Å². The van der Waals surface area contributed by atoms with Gasteiger partial charge in [-0.05, 0) is 18.2 Å². The van der Waals surface area contributed by atoms with Crippen LogP contribution in [0.2, 0.25) is 5.02 Å². The second-order valence-corrected chi connectivity index (χ2v) is 6.77. The van der Waals surface area contributed by atoms with E-state index in [9.17, 15) is 15.0 Å². The lowest BCUT2D eigenvalue weighted by atomic mass is 10.0. The van der Waals surface area contributed by atoms with Gasteiger partial charge in [0.1, 0.15) is 12.2 Å². The molecule has 8 nitrogen and oxygen atoms in total. The van der Waals surface area contributed by atoms with E-state index in [-0.39, 0.29) is 11.4 Å². The van der Waals surface area contributed by atoms with Crippen molar-refractivity contribution in [1.82, 2.24) is 9.91 Å². The van der Waals surface area contributed by atoms with Gasteiger partial charge in [0.05, 0.1) is 27.2 Å². The molecule has 0 bridgehead atoms. The van der Waals surface area contributed by atoms with Crippen LogP contribution in [0, 0.1) is 15.0 Å². The smallest absolute Gasteiger partial charge is 0.309 e. The normalized spacial score (nSPS) is 15.9. The minimum absolute atomic E-state index is 0.109. The van der Waals surface area contributed by atoms with Crippen LogP contribution in [0.1, 0.15) is 11.1 Å². The third-order valence-electron chi connectivity index (χ3n) is 4.77. The molecule has 2 heterocycles. The molecule has 2 N–H and O–H groups in total. The van der Waals surface area contributed by atoms with Gasteiger partial charge in [0.25, 0.3) is 5.69 Å². The SMILES string of the molecule is NCCN1CCN2C(=C1c1ccc(Cl)cc1)c1ccc([N+](=O)[O-])cc1[N+]2=O. The minimum Gasteiger partial charge on any atom is -0.366 e. The summed E-state index contributed by atoms with van der Waals surface area (Å²) in [6.45, 7) is 2.20. The van der Waals surface area contributed by atoms with Crippen molar-refractivity contribution in [1.29, 1.82) is 0 Å². The lowest BCUT2D eigenvalue weighted by Crippen LogP contribution is -2.42. The predicted molar refractivity (Wildman–Crippen MR) is 102 cm³/mol. The van der Waals surface area contributed by atoms with Gasteiger partial charge in [0.15, 0.2) is 4.87 Å². The Hall–Kier alpha value is -2.97. The number of hydrazine groups is 1. The number of rotatable bonds is 4. The van der Waals surface area contributed by atoms with Crippen molar-refractivity contribution in [3.8, 4) is 0 Å². The number of nitroso groups, excluding NO2 is 1. The first-order chi connectivity index (χ1) is 13.0. The molecule has 0 radical (unpaired) electrons. The van der Waals surface area contributed by atoms with Crippen LogP contribution in [-0.4, -0.2) is 45.9 Å². The van der Waals surface area contributed by atoms with Crippen molar-refractivity contribution in [2.45, 2.75) is 0 Å². The van der Waals surface area contributed by atoms with Gasteiger partial charge in [0, 0.05) is 36.3 Å². The summed E-state index contributed by atoms with van der Waals surface area (Å²) in [6.07, 6.45) is 0. The first-order valence-corrected chi connectivity index (χ1v) is 8.88. The number of nitro benzene ring substituents is 1. The van der Waals surface area contributed by atoms with E-state index >= 15 is 0 Å². The highest BCUT2D eigenvalue weighted by atomic mass is 35.5. The second kappa shape index (κ2) is 6.64. The van der Waals surface area contributed by atoms with E-state index in [0.717, 1.165) is 21.8 Å². The van der Waals surface area contributed by atoms with Crippen LogP contribution in [0.3, 0.4) is 0 Å². The zero-order valence-electron chi connectivity index (χ0n) is 14.3. The molecule has 2 aliphatic rings. The zero-order chi connectivity index (χ0) is 19.1. The van der Waals surface area contributed by atoms with Gasteiger partial charge in [0.2, 0.25) is 0 Å². The lowest BCUT2D eigenvalue weighted by molar-refractivity contribution is -0.612. The number of fused-ring (bicyclic) bond motifs is 3. The van der Waals surface area contributed by atoms with Crippen LogP contribution >= 0.6 is 11.6 Å². The molecule has 0 fully saturated rings. The predicted octanol–water partition coefficient (Wildman–Crippen LogP) is 2.99. The van der Waals surface area contributed by atoms with Crippen molar-refractivity contribution in [2.75, 3.05) is 26.2 Å². The summed E-state index contributed by atoms with van der Waals surface area (Å²) in [4.78, 5) is 26.3. The number of nitro groups is 1. The summed E-state index contributed by atoms with van der Waals surface area (Å²) < 4.78 is 0. The highest BCUT2D eigenvalue weighted by Gasteiger charge is 2.47. The van der Waals surface area contributed by atoms with Crippen molar-refractivity contribution < 1.29 is 9.79 Å². The molecule has 4 rings (SSSR count). The molecule has 2 aliphatic heterocycles. The molecular weight excluding hydrogens is 370 g/mol. The van der Waals surface area contributed by atoms with Gasteiger partial charge in [-0.2, -0.15) is 0 Å². The van der Waals surface area contributed by atoms with E-state index in [1.807, 2.05) is 12.1 Å². The largest absolute Gasteiger partial charge is 0.366 e. The van der Waals surface area contributed by atoms with E-state index in [0.29, 0.717) is 36.8 Å². The molecule has 0 aromatic heterocycles. The molecule has 0 amide bonds. The lowest BCUT2D eigenvalue weighted by Gasteiger charge is -2.33. The number of non-ortho nitro benzene ring substituents is 1. The van der Waals surface area contributed by atoms with Crippen LogP contribution in [0.25, 0.3) is 11.4 Å². The maximum absolute atomic E-state index is 12.8. The molecule has 138 valence electrons. The van der Waals surface area contributed by atoms with Gasteiger partial charge in [-0.3, -0.25) is 10.1 Å². The van der Waals surface area contributed by atoms with E-state index < -0.39 is 4.92 Å². The Morgan fingerprint density at radius 3 is 2.56 bits per heavy atom. The van der Waals surface area contributed by atoms with Gasteiger partial charge in [-0.15, -0.1) is 0 Å². The van der Waals surface area contributed by atoms with Crippen molar-refractivity contribution >= 4 is 34.4 Å². The fraction of sp³-hybridized carbons (Fsp3) is 0.222. The molecule has 0 spiro atoms. The second-order valence-electron chi connectivity index (χ2n) is 6.33. The zero-order valence-corrected chi connectivity index (χ0v) is 15.1. The van der Waals surface area contributed by atoms with Crippen molar-refractivity contribution in [3.63, 3.8) is 0 Å². The summed E-state index contributed by atoms with van der Waals surface area (Å²) in [5, 5.41) is 13.3. The maximum Gasteiger partial charge on any atom is 0.309 e. The standard InChI is InChI=1S/C18H17ClN5O3/c19-13-3-1-12(2-4-13)17-18-15-6-5-14(24(26)27)11-16(15)23(25)22(18)10-9-21(17)8-7-20/h1-6,11H,7-10,20H2/q+1. The van der Waals surface area contributed by atoms with E-state index in [4.69, 9.17) is 17.3 Å². The Labute approximate surface area is 160 Å². The van der Waals surface area contributed by atoms with Crippen LogP contribution in [0.4, 0.5) is 11.4 Å². The number of hydrogen-bond donors (Lipinski definition) is 1. The molecule has 0 saturated heterocycles. The first-order valence-electron chi connectivity index (χ1n) is 8.50. The molecule has 9 heteroatoms. The molecule has 0 unspecified atom stereocenters. The van der Waals surface area contributed by atoms with Gasteiger partial charge in [-0.25, -0.2) is 0 Å². The highest BCUT2D eigenvalue weighted by Crippen LogP contribution is 2.45. The Morgan fingerprint density at radius 2 is 1.89 bits per heavy atom. The molecular formula is C18H17ClN5O3+. The molecule has 0 aliphatic carbocycles. The van der Waals surface area contributed by atoms with Gasteiger partial charge >= 0.3 is 5.69 Å². The number of hydrogen-bond acceptors (Lipinski definition) is 5. The van der Waals surface area contributed by atoms with Crippen LogP contribution < -0.4 is 5.73 Å². The number of halogens is 1. The van der Waals surface area contributed by atoms with Gasteiger partial charge < -0.3 is 10.6 Å². The topological polar surface area (TPSA) is 95.7 Å². The fourth-order valence-electron chi connectivity index (χ4n) is 3.59. The van der Waals surface area contributed by atoms with E-state index in [1.165, 1.54) is 12.1 Å². The summed E-state index contributed by atoms with van der Waals surface area (Å²) >= 11 is 6.03. The van der Waals surface area contributed by atoms with Gasteiger partial charge in [-0.1, -0.05) is 28.7 Å². The first kappa shape index (κ1) is 17.4. The third kappa shape index (κ3) is 2.83. The highest BCUT2D eigenvalue weighted by molar-refractivity contribution is 6.30. The quantitative estimate of drug-likeness (QED) is 0.493.